The molecule has 4 heteroatoms. The number of hydrazone groups is 1. The van der Waals surface area contributed by atoms with Gasteiger partial charge in [-0.15, -0.1) is 0 Å². The van der Waals surface area contributed by atoms with E-state index in [2.05, 4.69) is 10.5 Å². The van der Waals surface area contributed by atoms with Gasteiger partial charge in [0.2, 0.25) is 0 Å². The fraction of sp³-hybridized carbons (Fsp3) is 0.200. The van der Waals surface area contributed by atoms with Crippen LogP contribution in [0.4, 0.5) is 0 Å². The van der Waals surface area contributed by atoms with E-state index in [4.69, 9.17) is 4.74 Å². The van der Waals surface area contributed by atoms with Gasteiger partial charge in [0, 0.05) is 6.21 Å². The minimum absolute atomic E-state index is 0.0423. The lowest BCUT2D eigenvalue weighted by Crippen LogP contribution is -2.24. The van der Waals surface area contributed by atoms with Gasteiger partial charge in [-0.3, -0.25) is 4.79 Å². The minimum atomic E-state index is -0.266. The quantitative estimate of drug-likeness (QED) is 0.660. The van der Waals surface area contributed by atoms with E-state index in [0.29, 0.717) is 5.75 Å². The number of hydrogen-bond donors (Lipinski definition) is 1. The first-order chi connectivity index (χ1) is 9.29. The third kappa shape index (κ3) is 3.81. The number of amides is 1. The Labute approximate surface area is 112 Å². The van der Waals surface area contributed by atoms with Crippen LogP contribution in [0.25, 0.3) is 10.8 Å². The third-order valence-corrected chi connectivity index (χ3v) is 2.55. The molecule has 1 amide bonds. The van der Waals surface area contributed by atoms with Crippen LogP contribution in [0.3, 0.4) is 0 Å². The molecule has 0 heterocycles. The SMILES string of the molecule is CC/C=N\NC(=O)COc1ccc2ccccc2c1. The lowest BCUT2D eigenvalue weighted by molar-refractivity contribution is -0.123. The smallest absolute Gasteiger partial charge is 0.277 e. The molecule has 0 aliphatic heterocycles. The van der Waals surface area contributed by atoms with E-state index in [1.165, 1.54) is 0 Å². The maximum absolute atomic E-state index is 11.4. The van der Waals surface area contributed by atoms with E-state index in [1.807, 2.05) is 49.4 Å². The largest absolute Gasteiger partial charge is 0.484 e. The molecule has 98 valence electrons. The van der Waals surface area contributed by atoms with Gasteiger partial charge in [0.1, 0.15) is 5.75 Å². The summed E-state index contributed by atoms with van der Waals surface area (Å²) in [4.78, 5) is 11.4. The van der Waals surface area contributed by atoms with Crippen molar-refractivity contribution in [1.29, 1.82) is 0 Å². The number of fused-ring (bicyclic) bond motifs is 1. The highest BCUT2D eigenvalue weighted by Gasteiger charge is 2.02. The van der Waals surface area contributed by atoms with Crippen LogP contribution in [-0.4, -0.2) is 18.7 Å². The zero-order valence-corrected chi connectivity index (χ0v) is 10.8. The topological polar surface area (TPSA) is 50.7 Å². The van der Waals surface area contributed by atoms with Gasteiger partial charge in [0.25, 0.3) is 5.91 Å². The van der Waals surface area contributed by atoms with Crippen molar-refractivity contribution >= 4 is 22.9 Å². The van der Waals surface area contributed by atoms with Gasteiger partial charge >= 0.3 is 0 Å². The summed E-state index contributed by atoms with van der Waals surface area (Å²) in [5.41, 5.74) is 2.40. The summed E-state index contributed by atoms with van der Waals surface area (Å²) in [7, 11) is 0. The van der Waals surface area contributed by atoms with Crippen LogP contribution in [0.5, 0.6) is 5.75 Å². The Balaban J connectivity index is 1.94. The van der Waals surface area contributed by atoms with Gasteiger partial charge in [-0.05, 0) is 29.3 Å². The Hall–Kier alpha value is -2.36. The van der Waals surface area contributed by atoms with Gasteiger partial charge < -0.3 is 4.74 Å². The lowest BCUT2D eigenvalue weighted by atomic mass is 10.1. The van der Waals surface area contributed by atoms with Crippen molar-refractivity contribution in [2.45, 2.75) is 13.3 Å². The predicted octanol–water partition coefficient (Wildman–Crippen LogP) is 2.73. The summed E-state index contributed by atoms with van der Waals surface area (Å²) >= 11 is 0. The molecule has 0 fully saturated rings. The van der Waals surface area contributed by atoms with Gasteiger partial charge in [0.15, 0.2) is 6.61 Å². The standard InChI is InChI=1S/C15H16N2O2/c1-2-9-16-17-15(18)11-19-14-8-7-12-5-3-4-6-13(12)10-14/h3-10H,2,11H2,1H3,(H,17,18)/b16-9-. The zero-order valence-electron chi connectivity index (χ0n) is 10.8. The molecule has 19 heavy (non-hydrogen) atoms. The van der Waals surface area contributed by atoms with Crippen LogP contribution in [0.1, 0.15) is 13.3 Å². The van der Waals surface area contributed by atoms with E-state index in [1.54, 1.807) is 6.21 Å². The summed E-state index contributed by atoms with van der Waals surface area (Å²) in [6.45, 7) is 1.90. The monoisotopic (exact) mass is 256 g/mol. The van der Waals surface area contributed by atoms with Crippen molar-refractivity contribution in [2.75, 3.05) is 6.61 Å². The van der Waals surface area contributed by atoms with Crippen LogP contribution in [0.15, 0.2) is 47.6 Å². The predicted molar refractivity (Wildman–Crippen MR) is 76.4 cm³/mol. The maximum Gasteiger partial charge on any atom is 0.277 e. The number of carbonyl (C=O) groups is 1. The van der Waals surface area contributed by atoms with Crippen molar-refractivity contribution in [3.8, 4) is 5.75 Å². The van der Waals surface area contributed by atoms with E-state index in [-0.39, 0.29) is 12.5 Å². The van der Waals surface area contributed by atoms with E-state index < -0.39 is 0 Å². The number of benzene rings is 2. The third-order valence-electron chi connectivity index (χ3n) is 2.55. The van der Waals surface area contributed by atoms with Crippen LogP contribution in [0.2, 0.25) is 0 Å². The van der Waals surface area contributed by atoms with Gasteiger partial charge in [0.05, 0.1) is 0 Å². The van der Waals surface area contributed by atoms with Gasteiger partial charge in [-0.2, -0.15) is 5.10 Å². The van der Waals surface area contributed by atoms with Crippen molar-refractivity contribution < 1.29 is 9.53 Å². The minimum Gasteiger partial charge on any atom is -0.484 e. The molecule has 0 atom stereocenters. The number of nitrogens with one attached hydrogen (secondary N) is 1. The van der Waals surface area contributed by atoms with Crippen LogP contribution in [-0.2, 0) is 4.79 Å². The molecule has 0 radical (unpaired) electrons. The highest BCUT2D eigenvalue weighted by atomic mass is 16.5. The molecule has 0 aromatic heterocycles. The Morgan fingerprint density at radius 2 is 2.05 bits per heavy atom. The molecule has 0 saturated carbocycles. The van der Waals surface area contributed by atoms with Crippen LogP contribution < -0.4 is 10.2 Å². The second-order valence-electron chi connectivity index (χ2n) is 4.05. The molecule has 0 spiro atoms. The first-order valence-electron chi connectivity index (χ1n) is 6.21. The summed E-state index contributed by atoms with van der Waals surface area (Å²) in [5, 5.41) is 5.98. The Morgan fingerprint density at radius 1 is 1.26 bits per heavy atom. The maximum atomic E-state index is 11.4. The van der Waals surface area contributed by atoms with Crippen molar-refractivity contribution in [1.82, 2.24) is 5.43 Å². The molecule has 0 bridgehead atoms. The second kappa shape index (κ2) is 6.54. The normalized spacial score (nSPS) is 10.8. The summed E-state index contributed by atoms with van der Waals surface area (Å²) in [6, 6.07) is 13.7. The molecule has 4 nitrogen and oxygen atoms in total. The lowest BCUT2D eigenvalue weighted by Gasteiger charge is -2.06. The summed E-state index contributed by atoms with van der Waals surface area (Å²) in [5.74, 6) is 0.408. The average molecular weight is 256 g/mol. The molecule has 0 aliphatic carbocycles. The molecule has 2 aromatic carbocycles. The first kappa shape index (κ1) is 13.1. The Kier molecular flexibility index (Phi) is 4.50. The fourth-order valence-electron chi connectivity index (χ4n) is 1.65. The van der Waals surface area contributed by atoms with Crippen molar-refractivity contribution in [2.24, 2.45) is 5.10 Å². The molecule has 0 unspecified atom stereocenters. The summed E-state index contributed by atoms with van der Waals surface area (Å²) < 4.78 is 5.42. The first-order valence-corrected chi connectivity index (χ1v) is 6.21. The molecule has 1 N–H and O–H groups in total. The second-order valence-corrected chi connectivity index (χ2v) is 4.05. The number of nitrogens with zero attached hydrogens (tertiary/aromatic N) is 1. The molecule has 0 aliphatic rings. The van der Waals surface area contributed by atoms with Crippen LogP contribution >= 0.6 is 0 Å². The Morgan fingerprint density at radius 3 is 2.84 bits per heavy atom. The average Bonchev–Trinajstić information content (AvgIpc) is 2.45. The van der Waals surface area contributed by atoms with Crippen molar-refractivity contribution in [3.63, 3.8) is 0 Å². The van der Waals surface area contributed by atoms with E-state index >= 15 is 0 Å². The van der Waals surface area contributed by atoms with E-state index in [0.717, 1.165) is 17.2 Å². The molecule has 0 saturated heterocycles. The highest BCUT2D eigenvalue weighted by Crippen LogP contribution is 2.20. The number of rotatable bonds is 5. The fourth-order valence-corrected chi connectivity index (χ4v) is 1.65. The number of hydrogen-bond acceptors (Lipinski definition) is 3. The molecular weight excluding hydrogens is 240 g/mol. The molecule has 2 rings (SSSR count). The Bertz CT molecular complexity index is 593. The number of ether oxygens (including phenoxy) is 1. The highest BCUT2D eigenvalue weighted by molar-refractivity contribution is 5.84. The van der Waals surface area contributed by atoms with Crippen LogP contribution in [0, 0.1) is 0 Å². The molecule has 2 aromatic rings. The van der Waals surface area contributed by atoms with E-state index in [9.17, 15) is 4.79 Å². The molecular formula is C15H16N2O2. The van der Waals surface area contributed by atoms with Gasteiger partial charge in [-0.1, -0.05) is 37.3 Å². The zero-order chi connectivity index (χ0) is 13.5. The van der Waals surface area contributed by atoms with Gasteiger partial charge in [-0.25, -0.2) is 5.43 Å². The number of carbonyl (C=O) groups excluding carboxylic acids is 1. The summed E-state index contributed by atoms with van der Waals surface area (Å²) in [6.07, 6.45) is 2.42. The van der Waals surface area contributed by atoms with Crippen molar-refractivity contribution in [3.05, 3.63) is 42.5 Å².